The van der Waals surface area contributed by atoms with Gasteiger partial charge in [-0.1, -0.05) is 55.4 Å². The minimum atomic E-state index is -0.436. The molecule has 0 saturated carbocycles. The van der Waals surface area contributed by atoms with Gasteiger partial charge in [-0.3, -0.25) is 38.5 Å². The highest BCUT2D eigenvalue weighted by molar-refractivity contribution is 6.33. The van der Waals surface area contributed by atoms with Crippen LogP contribution in [-0.4, -0.2) is 131 Å². The second-order valence-corrected chi connectivity index (χ2v) is 22.9. The molecule has 8 heterocycles. The summed E-state index contributed by atoms with van der Waals surface area (Å²) in [5.41, 5.74) is 2.88. The lowest BCUT2D eigenvalue weighted by molar-refractivity contribution is -0.816. The van der Waals surface area contributed by atoms with Gasteiger partial charge >= 0.3 is 0 Å². The molecule has 0 bridgehead atoms. The predicted molar refractivity (Wildman–Crippen MR) is 340 cm³/mol. The van der Waals surface area contributed by atoms with Gasteiger partial charge in [0.05, 0.1) is 6.04 Å². The first kappa shape index (κ1) is 76.6. The van der Waals surface area contributed by atoms with E-state index in [9.17, 15) is 33.6 Å². The largest absolute Gasteiger partial charge is 0.504 e. The van der Waals surface area contributed by atoms with Gasteiger partial charge in [0.25, 0.3) is 16.9 Å². The number of aliphatic hydroxyl groups excluding tert-OH is 2. The van der Waals surface area contributed by atoms with E-state index in [2.05, 4.69) is 33.8 Å². The summed E-state index contributed by atoms with van der Waals surface area (Å²) in [6, 6.07) is 8.65. The third-order valence-electron chi connectivity index (χ3n) is 13.0. The first-order valence-electron chi connectivity index (χ1n) is 28.8. The molecule has 480 valence electrons. The standard InChI is InChI=1S/C9H14NO.7C8H11NO2/c1-7(2)10-5-4-8(3)9(11)6-10;2*1-5(2)6-3-7(10)8(11)4-9-6;2*1-5(2)6-3-7(10)8(11)9-4-6;3*1-6(2)9-4-3-7(10)8(11)5-9/h4,6-7H,5H2,1-3H3;2*3-5,11H,1-2H3,(H,9,10);2*3-5,10H,1-2H3,(H,9,11);3-4,6H,5H2,1-2H3;2*3-6,11H,1-2H3/q+1;;;;;;;/p+3. The Morgan fingerprint density at radius 3 is 1.31 bits per heavy atom. The van der Waals surface area contributed by atoms with Gasteiger partial charge in [-0.15, -0.1) is 0 Å². The molecule has 3 aliphatic heterocycles. The average molecular weight is 1230 g/mol. The van der Waals surface area contributed by atoms with Crippen molar-refractivity contribution in [3.63, 3.8) is 0 Å². The number of carbonyl (C=O) groups excluding carboxylic acids is 3. The molecule has 1 atom stereocenters. The van der Waals surface area contributed by atoms with Crippen molar-refractivity contribution in [3.05, 3.63) is 179 Å². The molecule has 0 fully saturated rings. The van der Waals surface area contributed by atoms with Crippen molar-refractivity contribution < 1.29 is 73.9 Å². The first-order valence-corrected chi connectivity index (χ1v) is 28.8. The molecule has 0 saturated heterocycles. The van der Waals surface area contributed by atoms with Crippen LogP contribution in [0.5, 0.6) is 34.5 Å². The van der Waals surface area contributed by atoms with Crippen LogP contribution in [-0.2, 0) is 14.4 Å². The number of rotatable bonds is 8. The summed E-state index contributed by atoms with van der Waals surface area (Å²) in [7, 11) is 0. The van der Waals surface area contributed by atoms with E-state index in [1.165, 1.54) is 67.3 Å². The van der Waals surface area contributed by atoms with Gasteiger partial charge in [0.1, 0.15) is 24.5 Å². The number of hydrogen-bond acceptors (Lipinski definition) is 15. The van der Waals surface area contributed by atoms with E-state index in [0.717, 1.165) is 39.5 Å². The van der Waals surface area contributed by atoms with Crippen LogP contribution in [0.1, 0.15) is 170 Å². The van der Waals surface area contributed by atoms with E-state index < -0.39 is 11.1 Å². The monoisotopic (exact) mass is 1230 g/mol. The zero-order valence-corrected chi connectivity index (χ0v) is 53.7. The van der Waals surface area contributed by atoms with Gasteiger partial charge in [0.15, 0.2) is 59.5 Å². The summed E-state index contributed by atoms with van der Waals surface area (Å²) in [6.07, 6.45) is 20.6. The van der Waals surface area contributed by atoms with E-state index in [4.69, 9.17) is 40.9 Å². The Bertz CT molecular complexity index is 3430. The normalized spacial score (nSPS) is 14.1. The zero-order chi connectivity index (χ0) is 67.4. The number of aromatic hydroxyl groups is 6. The molecule has 88 heavy (non-hydrogen) atoms. The maximum Gasteiger partial charge on any atom is 0.290 e. The second kappa shape index (κ2) is 37.2. The number of ketones is 3. The molecule has 23 heteroatoms. The quantitative estimate of drug-likeness (QED) is 0.0691. The summed E-state index contributed by atoms with van der Waals surface area (Å²) in [5.74, 6) is -0.514. The number of aliphatic hydroxyl groups is 2. The minimum Gasteiger partial charge on any atom is -0.504 e. The van der Waals surface area contributed by atoms with Crippen molar-refractivity contribution in [2.45, 2.75) is 166 Å². The molecule has 1 unspecified atom stereocenters. The van der Waals surface area contributed by atoms with Crippen molar-refractivity contribution in [1.82, 2.24) is 19.9 Å². The zero-order valence-electron chi connectivity index (χ0n) is 53.7. The second-order valence-electron chi connectivity index (χ2n) is 22.9. The molecule has 0 spiro atoms. The Balaban J connectivity index is 0.000000503. The number of Topliss-reactive ketones (excluding diaryl/α,β-unsaturated/α-hetero) is 2. The van der Waals surface area contributed by atoms with Gasteiger partial charge in [0, 0.05) is 72.1 Å². The number of nitrogens with zero attached hydrogens (tertiary/aromatic N) is 3. The molecule has 23 nitrogen and oxygen atoms in total. The number of allylic oxidation sites excluding steroid dienone is 3. The summed E-state index contributed by atoms with van der Waals surface area (Å²) in [6.45, 7) is 35.1. The smallest absolute Gasteiger partial charge is 0.290 e. The van der Waals surface area contributed by atoms with Gasteiger partial charge < -0.3 is 60.8 Å². The minimum absolute atomic E-state index is 0.0816. The van der Waals surface area contributed by atoms with Crippen LogP contribution in [0.2, 0.25) is 0 Å². The lowest BCUT2D eigenvalue weighted by Crippen LogP contribution is -3.06. The van der Waals surface area contributed by atoms with Crippen LogP contribution in [0.15, 0.2) is 134 Å². The SMILES string of the molecule is CC(C)[N+]1=CC=C(O)C(=O)C1.CC(C)[NH+]1C=CC(=O)C(O)=C1.CC(C)[n+]1ccc(O)c(O)c1.CC(C)c1c[nH]c(=O)c(O)c1.CC(C)c1c[nH]c(=O)c(O)c1.CC(C)c1cc(=O)c(O)c[nH]1.CC(C)c1cc(=O)c(O)c[nH]1.CC1=CC[N+](C(C)C)=CC1=O. The van der Waals surface area contributed by atoms with Crippen molar-refractivity contribution >= 4 is 29.8 Å². The maximum absolute atomic E-state index is 11.1. The van der Waals surface area contributed by atoms with Crippen LogP contribution in [0.25, 0.3) is 0 Å². The Morgan fingerprint density at radius 1 is 0.500 bits per heavy atom. The van der Waals surface area contributed by atoms with Crippen LogP contribution in [0.4, 0.5) is 0 Å². The van der Waals surface area contributed by atoms with Crippen molar-refractivity contribution in [3.8, 4) is 34.5 Å². The first-order chi connectivity index (χ1) is 40.9. The Morgan fingerprint density at radius 2 is 0.966 bits per heavy atom. The van der Waals surface area contributed by atoms with Crippen molar-refractivity contribution in [2.24, 2.45) is 0 Å². The topological polar surface area (TPSA) is 359 Å². The van der Waals surface area contributed by atoms with Crippen LogP contribution >= 0.6 is 0 Å². The van der Waals surface area contributed by atoms with Gasteiger partial charge in [-0.2, -0.15) is 4.57 Å². The Labute approximate surface area is 513 Å². The number of quaternary nitrogens is 1. The molecule has 5 aromatic heterocycles. The van der Waals surface area contributed by atoms with Gasteiger partial charge in [-0.05, 0) is 115 Å². The third-order valence-corrected chi connectivity index (χ3v) is 13.0. The summed E-state index contributed by atoms with van der Waals surface area (Å²) < 4.78 is 5.73. The summed E-state index contributed by atoms with van der Waals surface area (Å²) in [5, 5.41) is 71.8. The molecule has 3 aliphatic rings. The number of hydrogen-bond donors (Lipinski definition) is 13. The summed E-state index contributed by atoms with van der Waals surface area (Å²) in [4.78, 5) is 87.5. The number of pyridine rings is 5. The van der Waals surface area contributed by atoms with E-state index in [0.29, 0.717) is 42.5 Å². The Kier molecular flexibility index (Phi) is 32.4. The molecule has 0 aromatic carbocycles. The average Bonchev–Trinajstić information content (AvgIpc) is 3.56. The number of nitrogens with one attached hydrogen (secondary N) is 5. The highest BCUT2D eigenvalue weighted by atomic mass is 16.3. The van der Waals surface area contributed by atoms with Gasteiger partial charge in [0.2, 0.25) is 52.9 Å². The molecular weight excluding hydrogens is 1130 g/mol. The molecule has 13 N–H and O–H groups in total. The molecular formula is C65H94N8O15+4. The van der Waals surface area contributed by atoms with Crippen LogP contribution in [0.3, 0.4) is 0 Å². The highest BCUT2D eigenvalue weighted by Crippen LogP contribution is 2.21. The summed E-state index contributed by atoms with van der Waals surface area (Å²) >= 11 is 0. The molecule has 0 aliphatic carbocycles. The fraction of sp³-hybridized carbons (Fsp3) is 0.415. The number of aromatic amines is 4. The predicted octanol–water partition coefficient (Wildman–Crippen LogP) is 7.07. The van der Waals surface area contributed by atoms with Crippen LogP contribution in [0, 0.1) is 0 Å². The van der Waals surface area contributed by atoms with Gasteiger partial charge in [-0.25, -0.2) is 9.15 Å². The molecule has 0 radical (unpaired) electrons. The Hall–Kier alpha value is -9.38. The van der Waals surface area contributed by atoms with Crippen molar-refractivity contribution in [2.75, 3.05) is 13.1 Å². The number of aromatic nitrogens is 5. The van der Waals surface area contributed by atoms with E-state index in [1.807, 2.05) is 124 Å². The lowest BCUT2D eigenvalue weighted by Gasteiger charge is -2.16. The van der Waals surface area contributed by atoms with E-state index in [1.54, 1.807) is 37.2 Å². The molecule has 8 rings (SSSR count). The van der Waals surface area contributed by atoms with E-state index in [-0.39, 0.29) is 86.1 Å². The molecule has 0 amide bonds. The lowest BCUT2D eigenvalue weighted by atomic mass is 10.1. The highest BCUT2D eigenvalue weighted by Gasteiger charge is 2.22. The fourth-order valence-corrected chi connectivity index (χ4v) is 6.90. The number of carbonyl (C=O) groups is 3. The van der Waals surface area contributed by atoms with Crippen LogP contribution < -0.4 is 31.4 Å². The maximum atomic E-state index is 11.1. The molecule has 5 aromatic rings. The third kappa shape index (κ3) is 27.3. The van der Waals surface area contributed by atoms with Crippen molar-refractivity contribution in [1.29, 1.82) is 0 Å². The number of H-pyrrole nitrogens is 4. The van der Waals surface area contributed by atoms with E-state index >= 15 is 0 Å². The fourth-order valence-electron chi connectivity index (χ4n) is 6.90.